The van der Waals surface area contributed by atoms with Crippen LogP contribution in [0.15, 0.2) is 52.2 Å². The third kappa shape index (κ3) is 3.46. The van der Waals surface area contributed by atoms with Crippen molar-refractivity contribution >= 4 is 17.6 Å². The van der Waals surface area contributed by atoms with Crippen molar-refractivity contribution in [2.24, 2.45) is 0 Å². The highest BCUT2D eigenvalue weighted by Gasteiger charge is 2.18. The lowest BCUT2D eigenvalue weighted by Gasteiger charge is -2.16. The number of nitrogens with zero attached hydrogens (tertiary/aromatic N) is 3. The molecule has 2 aromatic carbocycles. The minimum absolute atomic E-state index is 0.000196. The Morgan fingerprint density at radius 1 is 1.11 bits per heavy atom. The van der Waals surface area contributed by atoms with Crippen LogP contribution in [0.1, 0.15) is 16.7 Å². The number of aromatic nitrogens is 2. The van der Waals surface area contributed by atoms with Crippen LogP contribution in [-0.4, -0.2) is 22.9 Å². The fraction of sp³-hybridized carbons (Fsp3) is 0.190. The molecule has 0 amide bonds. The minimum atomic E-state index is -0.385. The summed E-state index contributed by atoms with van der Waals surface area (Å²) in [4.78, 5) is 18.9. The Hall–Kier alpha value is -3.04. The summed E-state index contributed by atoms with van der Waals surface area (Å²) in [7, 11) is 1.66. The van der Waals surface area contributed by atoms with Crippen molar-refractivity contribution in [2.75, 3.05) is 18.6 Å². The molecule has 6 heteroatoms. The molecule has 0 fully saturated rings. The molecule has 5 nitrogen and oxygen atoms in total. The van der Waals surface area contributed by atoms with Gasteiger partial charge in [-0.25, -0.2) is 4.98 Å². The van der Waals surface area contributed by atoms with Crippen LogP contribution in [0.2, 0.25) is 0 Å². The number of rotatable bonds is 4. The van der Waals surface area contributed by atoms with Crippen LogP contribution < -0.4 is 10.9 Å². The molecule has 0 saturated carbocycles. The van der Waals surface area contributed by atoms with Crippen molar-refractivity contribution < 1.29 is 0 Å². The van der Waals surface area contributed by atoms with Gasteiger partial charge in [0.15, 0.2) is 11.4 Å². The minimum Gasteiger partial charge on any atom is -0.372 e. The molecule has 0 bridgehead atoms. The quantitative estimate of drug-likeness (QED) is 0.693. The Bertz CT molecular complexity index is 1090. The van der Waals surface area contributed by atoms with Crippen LogP contribution in [0.3, 0.4) is 0 Å². The Labute approximate surface area is 162 Å². The average Bonchev–Trinajstić information content (AvgIpc) is 2.69. The maximum atomic E-state index is 13.1. The summed E-state index contributed by atoms with van der Waals surface area (Å²) < 4.78 is 1.51. The van der Waals surface area contributed by atoms with Gasteiger partial charge in [0.1, 0.15) is 11.9 Å². The van der Waals surface area contributed by atoms with Gasteiger partial charge in [0.05, 0.1) is 5.69 Å². The lowest BCUT2D eigenvalue weighted by Crippen LogP contribution is -2.26. The number of nitriles is 1. The van der Waals surface area contributed by atoms with E-state index in [9.17, 15) is 10.1 Å². The molecule has 1 aromatic heterocycles. The summed E-state index contributed by atoms with van der Waals surface area (Å²) in [6.07, 6.45) is 2.01. The molecule has 3 aromatic rings. The van der Waals surface area contributed by atoms with E-state index in [1.165, 1.54) is 4.57 Å². The molecule has 3 rings (SSSR count). The molecule has 0 unspecified atom stereocenters. The van der Waals surface area contributed by atoms with Crippen molar-refractivity contribution in [3.63, 3.8) is 0 Å². The SMILES string of the molecule is CNc1nc(-c2ccc(SC)cc2)n(-c2ccc(C)c(C)c2)c(=O)c1C#N. The summed E-state index contributed by atoms with van der Waals surface area (Å²) in [6.45, 7) is 4.02. The highest BCUT2D eigenvalue weighted by atomic mass is 32.2. The fourth-order valence-electron chi connectivity index (χ4n) is 2.84. The standard InChI is InChI=1S/C21H20N4OS/c1-13-5-8-16(11-14(13)2)25-20(15-6-9-17(27-4)10-7-15)24-19(23-3)18(12-22)21(25)26/h5-11,23H,1-4H3. The van der Waals surface area contributed by atoms with Gasteiger partial charge in [0.2, 0.25) is 0 Å². The lowest BCUT2D eigenvalue weighted by molar-refractivity contribution is 0.939. The predicted molar refractivity (Wildman–Crippen MR) is 111 cm³/mol. The van der Waals surface area contributed by atoms with Crippen LogP contribution in [0.4, 0.5) is 5.82 Å². The van der Waals surface area contributed by atoms with Crippen LogP contribution >= 0.6 is 11.8 Å². The number of hydrogen-bond acceptors (Lipinski definition) is 5. The van der Waals surface area contributed by atoms with E-state index in [1.54, 1.807) is 18.8 Å². The molecule has 0 saturated heterocycles. The zero-order chi connectivity index (χ0) is 19.6. The topological polar surface area (TPSA) is 70.7 Å². The van der Waals surface area contributed by atoms with Gasteiger partial charge in [-0.05, 0) is 55.5 Å². The fourth-order valence-corrected chi connectivity index (χ4v) is 3.25. The van der Waals surface area contributed by atoms with Gasteiger partial charge in [-0.2, -0.15) is 5.26 Å². The molecular formula is C21H20N4OS. The van der Waals surface area contributed by atoms with E-state index in [0.717, 1.165) is 21.6 Å². The van der Waals surface area contributed by atoms with Crippen LogP contribution in [0.5, 0.6) is 0 Å². The number of thioether (sulfide) groups is 1. The van der Waals surface area contributed by atoms with E-state index in [1.807, 2.05) is 68.6 Å². The maximum Gasteiger partial charge on any atom is 0.278 e. The first kappa shape index (κ1) is 18.7. The second kappa shape index (κ2) is 7.68. The Kier molecular flexibility index (Phi) is 5.33. The second-order valence-corrected chi connectivity index (χ2v) is 7.04. The van der Waals surface area contributed by atoms with Crippen molar-refractivity contribution in [3.05, 3.63) is 69.5 Å². The van der Waals surface area contributed by atoms with E-state index in [4.69, 9.17) is 0 Å². The first-order valence-electron chi connectivity index (χ1n) is 8.47. The van der Waals surface area contributed by atoms with Crippen molar-refractivity contribution in [1.82, 2.24) is 9.55 Å². The molecule has 0 radical (unpaired) electrons. The van der Waals surface area contributed by atoms with Crippen LogP contribution in [0, 0.1) is 25.2 Å². The normalized spacial score (nSPS) is 10.5. The zero-order valence-corrected chi connectivity index (χ0v) is 16.5. The number of nitrogens with one attached hydrogen (secondary N) is 1. The van der Waals surface area contributed by atoms with Crippen LogP contribution in [-0.2, 0) is 0 Å². The third-order valence-electron chi connectivity index (χ3n) is 4.53. The summed E-state index contributed by atoms with van der Waals surface area (Å²) in [5, 5.41) is 12.4. The smallest absolute Gasteiger partial charge is 0.278 e. The zero-order valence-electron chi connectivity index (χ0n) is 15.7. The molecule has 1 N–H and O–H groups in total. The lowest BCUT2D eigenvalue weighted by atomic mass is 10.1. The monoisotopic (exact) mass is 376 g/mol. The van der Waals surface area contributed by atoms with E-state index in [2.05, 4.69) is 10.3 Å². The summed E-state index contributed by atoms with van der Waals surface area (Å²) in [6, 6.07) is 15.6. The number of aryl methyl sites for hydroxylation is 2. The number of hydrogen-bond donors (Lipinski definition) is 1. The molecule has 0 aliphatic rings. The molecule has 136 valence electrons. The van der Waals surface area contributed by atoms with E-state index in [0.29, 0.717) is 11.5 Å². The molecule has 0 aliphatic heterocycles. The van der Waals surface area contributed by atoms with E-state index < -0.39 is 0 Å². The van der Waals surface area contributed by atoms with E-state index >= 15 is 0 Å². The van der Waals surface area contributed by atoms with Gasteiger partial charge in [0.25, 0.3) is 5.56 Å². The number of benzene rings is 2. The summed E-state index contributed by atoms with van der Waals surface area (Å²) >= 11 is 1.65. The molecule has 1 heterocycles. The Balaban J connectivity index is 2.36. The summed E-state index contributed by atoms with van der Waals surface area (Å²) in [5.74, 6) is 0.783. The highest BCUT2D eigenvalue weighted by molar-refractivity contribution is 7.98. The van der Waals surface area contributed by atoms with Gasteiger partial charge in [-0.15, -0.1) is 11.8 Å². The van der Waals surface area contributed by atoms with E-state index in [-0.39, 0.29) is 16.9 Å². The molecular weight excluding hydrogens is 356 g/mol. The first-order valence-corrected chi connectivity index (χ1v) is 9.69. The largest absolute Gasteiger partial charge is 0.372 e. The van der Waals surface area contributed by atoms with Gasteiger partial charge in [-0.1, -0.05) is 18.2 Å². The van der Waals surface area contributed by atoms with Crippen molar-refractivity contribution in [2.45, 2.75) is 18.7 Å². The van der Waals surface area contributed by atoms with Crippen molar-refractivity contribution in [3.8, 4) is 23.1 Å². The number of anilines is 1. The molecule has 0 atom stereocenters. The Morgan fingerprint density at radius 2 is 1.81 bits per heavy atom. The van der Waals surface area contributed by atoms with Gasteiger partial charge >= 0.3 is 0 Å². The van der Waals surface area contributed by atoms with Gasteiger partial charge in [-0.3, -0.25) is 9.36 Å². The Morgan fingerprint density at radius 3 is 2.37 bits per heavy atom. The summed E-state index contributed by atoms with van der Waals surface area (Å²) in [5.41, 5.74) is 3.32. The van der Waals surface area contributed by atoms with Crippen molar-refractivity contribution in [1.29, 1.82) is 5.26 Å². The van der Waals surface area contributed by atoms with Crippen LogP contribution in [0.25, 0.3) is 17.1 Å². The van der Waals surface area contributed by atoms with Gasteiger partial charge in [0, 0.05) is 17.5 Å². The second-order valence-electron chi connectivity index (χ2n) is 6.16. The maximum absolute atomic E-state index is 13.1. The average molecular weight is 376 g/mol. The first-order chi connectivity index (χ1) is 13.0. The molecule has 0 aliphatic carbocycles. The highest BCUT2D eigenvalue weighted by Crippen LogP contribution is 2.25. The molecule has 27 heavy (non-hydrogen) atoms. The predicted octanol–water partition coefficient (Wildman–Crippen LogP) is 4.15. The van der Waals surface area contributed by atoms with Gasteiger partial charge < -0.3 is 5.32 Å². The molecule has 0 spiro atoms. The third-order valence-corrected chi connectivity index (χ3v) is 5.27.